The number of carbonyl (C=O) groups is 1. The fourth-order valence-electron chi connectivity index (χ4n) is 1.04. The largest absolute Gasteiger partial charge is 0.427 e. The molecule has 13 heavy (non-hydrogen) atoms. The summed E-state index contributed by atoms with van der Waals surface area (Å²) in [7, 11) is 0. The molecule has 0 bridgehead atoms. The van der Waals surface area contributed by atoms with Crippen LogP contribution >= 0.6 is 0 Å². The lowest BCUT2D eigenvalue weighted by Gasteiger charge is -2.01. The summed E-state index contributed by atoms with van der Waals surface area (Å²) in [6, 6.07) is 7.39. The molecule has 0 atom stereocenters. The first-order valence-corrected chi connectivity index (χ1v) is 4.13. The Kier molecular flexibility index (Phi) is 3.26. The SMILES string of the molecule is C/C=C/c1cccc(OC(C)=O)c1. The lowest BCUT2D eigenvalue weighted by molar-refractivity contribution is -0.131. The highest BCUT2D eigenvalue weighted by atomic mass is 16.5. The summed E-state index contributed by atoms with van der Waals surface area (Å²) < 4.78 is 4.93. The lowest BCUT2D eigenvalue weighted by Crippen LogP contribution is -2.00. The van der Waals surface area contributed by atoms with Crippen molar-refractivity contribution in [2.75, 3.05) is 0 Å². The second-order valence-corrected chi connectivity index (χ2v) is 2.67. The zero-order valence-corrected chi connectivity index (χ0v) is 7.78. The normalized spacial score (nSPS) is 10.3. The predicted octanol–water partition coefficient (Wildman–Crippen LogP) is 2.65. The van der Waals surface area contributed by atoms with Gasteiger partial charge >= 0.3 is 5.97 Å². The lowest BCUT2D eigenvalue weighted by atomic mass is 10.2. The van der Waals surface area contributed by atoms with Crippen LogP contribution in [0.4, 0.5) is 0 Å². The van der Waals surface area contributed by atoms with Crippen LogP contribution in [0, 0.1) is 0 Å². The summed E-state index contributed by atoms with van der Waals surface area (Å²) in [6.45, 7) is 3.33. The van der Waals surface area contributed by atoms with E-state index in [1.807, 2.05) is 37.3 Å². The molecule has 0 amide bonds. The molecule has 2 heteroatoms. The molecule has 0 unspecified atom stereocenters. The molecular weight excluding hydrogens is 164 g/mol. The summed E-state index contributed by atoms with van der Waals surface area (Å²) >= 11 is 0. The van der Waals surface area contributed by atoms with E-state index in [1.165, 1.54) is 6.92 Å². The van der Waals surface area contributed by atoms with Gasteiger partial charge in [-0.1, -0.05) is 24.3 Å². The highest BCUT2D eigenvalue weighted by Gasteiger charge is 1.96. The van der Waals surface area contributed by atoms with Crippen LogP contribution in [0.5, 0.6) is 5.75 Å². The van der Waals surface area contributed by atoms with Crippen molar-refractivity contribution < 1.29 is 9.53 Å². The van der Waals surface area contributed by atoms with E-state index in [9.17, 15) is 4.79 Å². The minimum atomic E-state index is -0.294. The first-order valence-electron chi connectivity index (χ1n) is 4.13. The molecule has 1 aromatic carbocycles. The van der Waals surface area contributed by atoms with Crippen molar-refractivity contribution >= 4 is 12.0 Å². The number of ether oxygens (including phenoxy) is 1. The van der Waals surface area contributed by atoms with Gasteiger partial charge in [0.05, 0.1) is 0 Å². The zero-order valence-electron chi connectivity index (χ0n) is 7.78. The Labute approximate surface area is 77.8 Å². The third kappa shape index (κ3) is 3.11. The Hall–Kier alpha value is -1.57. The maximum Gasteiger partial charge on any atom is 0.308 e. The van der Waals surface area contributed by atoms with Gasteiger partial charge in [0.1, 0.15) is 5.75 Å². The van der Waals surface area contributed by atoms with E-state index in [0.717, 1.165) is 5.56 Å². The van der Waals surface area contributed by atoms with Crippen molar-refractivity contribution in [1.82, 2.24) is 0 Å². The molecule has 0 aliphatic rings. The Morgan fingerprint density at radius 1 is 1.46 bits per heavy atom. The van der Waals surface area contributed by atoms with E-state index in [-0.39, 0.29) is 5.97 Å². The van der Waals surface area contributed by atoms with Gasteiger partial charge < -0.3 is 4.74 Å². The van der Waals surface area contributed by atoms with Crippen LogP contribution < -0.4 is 4.74 Å². The van der Waals surface area contributed by atoms with E-state index in [0.29, 0.717) is 5.75 Å². The predicted molar refractivity (Wildman–Crippen MR) is 52.5 cm³/mol. The summed E-state index contributed by atoms with van der Waals surface area (Å²) in [6.07, 6.45) is 3.89. The molecule has 68 valence electrons. The molecule has 0 saturated carbocycles. The van der Waals surface area contributed by atoms with Crippen LogP contribution in [0.1, 0.15) is 19.4 Å². The summed E-state index contributed by atoms with van der Waals surface area (Å²) in [4.78, 5) is 10.6. The van der Waals surface area contributed by atoms with Crippen molar-refractivity contribution in [3.63, 3.8) is 0 Å². The number of allylic oxidation sites excluding steroid dienone is 1. The average Bonchev–Trinajstić information content (AvgIpc) is 2.04. The molecule has 0 aromatic heterocycles. The minimum absolute atomic E-state index is 0.294. The summed E-state index contributed by atoms with van der Waals surface area (Å²) in [5.41, 5.74) is 1.03. The van der Waals surface area contributed by atoms with Gasteiger partial charge in [-0.2, -0.15) is 0 Å². The van der Waals surface area contributed by atoms with Crippen molar-refractivity contribution in [2.45, 2.75) is 13.8 Å². The van der Waals surface area contributed by atoms with Crippen LogP contribution in [-0.4, -0.2) is 5.97 Å². The minimum Gasteiger partial charge on any atom is -0.427 e. The molecule has 0 spiro atoms. The van der Waals surface area contributed by atoms with Gasteiger partial charge in [0.25, 0.3) is 0 Å². The van der Waals surface area contributed by atoms with Crippen molar-refractivity contribution in [1.29, 1.82) is 0 Å². The van der Waals surface area contributed by atoms with Crippen molar-refractivity contribution in [2.24, 2.45) is 0 Å². The first kappa shape index (κ1) is 9.52. The van der Waals surface area contributed by atoms with Gasteiger partial charge in [0, 0.05) is 6.92 Å². The second-order valence-electron chi connectivity index (χ2n) is 2.67. The Bertz CT molecular complexity index is 327. The number of esters is 1. The maximum absolute atomic E-state index is 10.6. The maximum atomic E-state index is 10.6. The molecule has 0 saturated heterocycles. The molecule has 0 N–H and O–H groups in total. The highest BCUT2D eigenvalue weighted by molar-refractivity contribution is 5.69. The van der Waals surface area contributed by atoms with Crippen LogP contribution in [-0.2, 0) is 4.79 Å². The molecule has 0 aliphatic heterocycles. The third-order valence-corrected chi connectivity index (χ3v) is 1.48. The van der Waals surface area contributed by atoms with Crippen molar-refractivity contribution in [3.05, 3.63) is 35.9 Å². The number of hydrogen-bond acceptors (Lipinski definition) is 2. The molecular formula is C11H12O2. The second kappa shape index (κ2) is 4.45. The quantitative estimate of drug-likeness (QED) is 0.511. The van der Waals surface area contributed by atoms with Gasteiger partial charge in [-0.05, 0) is 24.6 Å². The molecule has 2 nitrogen and oxygen atoms in total. The van der Waals surface area contributed by atoms with Gasteiger partial charge in [0.15, 0.2) is 0 Å². The Morgan fingerprint density at radius 3 is 2.85 bits per heavy atom. The van der Waals surface area contributed by atoms with Crippen LogP contribution in [0.2, 0.25) is 0 Å². The van der Waals surface area contributed by atoms with E-state index in [2.05, 4.69) is 0 Å². The van der Waals surface area contributed by atoms with E-state index < -0.39 is 0 Å². The number of hydrogen-bond donors (Lipinski definition) is 0. The van der Waals surface area contributed by atoms with Gasteiger partial charge in [0.2, 0.25) is 0 Å². The topological polar surface area (TPSA) is 26.3 Å². The number of benzene rings is 1. The van der Waals surface area contributed by atoms with E-state index in [1.54, 1.807) is 6.07 Å². The summed E-state index contributed by atoms with van der Waals surface area (Å²) in [5.74, 6) is 0.292. The van der Waals surface area contributed by atoms with Gasteiger partial charge in [-0.15, -0.1) is 0 Å². The van der Waals surface area contributed by atoms with Crippen molar-refractivity contribution in [3.8, 4) is 5.75 Å². The van der Waals surface area contributed by atoms with Gasteiger partial charge in [-0.3, -0.25) is 4.79 Å². The van der Waals surface area contributed by atoms with Gasteiger partial charge in [-0.25, -0.2) is 0 Å². The highest BCUT2D eigenvalue weighted by Crippen LogP contribution is 2.14. The monoisotopic (exact) mass is 176 g/mol. The molecule has 0 heterocycles. The molecule has 0 fully saturated rings. The summed E-state index contributed by atoms with van der Waals surface area (Å²) in [5, 5.41) is 0. The van der Waals surface area contributed by atoms with Crippen LogP contribution in [0.25, 0.3) is 6.08 Å². The molecule has 1 aromatic rings. The Balaban J connectivity index is 2.85. The average molecular weight is 176 g/mol. The molecule has 0 aliphatic carbocycles. The van der Waals surface area contributed by atoms with Crippen LogP contribution in [0.3, 0.4) is 0 Å². The standard InChI is InChI=1S/C11H12O2/c1-3-5-10-6-4-7-11(8-10)13-9(2)12/h3-8H,1-2H3/b5-3+. The van der Waals surface area contributed by atoms with E-state index >= 15 is 0 Å². The molecule has 1 rings (SSSR count). The third-order valence-electron chi connectivity index (χ3n) is 1.48. The Morgan fingerprint density at radius 2 is 2.23 bits per heavy atom. The number of carbonyl (C=O) groups excluding carboxylic acids is 1. The molecule has 0 radical (unpaired) electrons. The fraction of sp³-hybridized carbons (Fsp3) is 0.182. The van der Waals surface area contributed by atoms with E-state index in [4.69, 9.17) is 4.74 Å². The first-order chi connectivity index (χ1) is 6.22. The van der Waals surface area contributed by atoms with Crippen LogP contribution in [0.15, 0.2) is 30.3 Å². The number of rotatable bonds is 2. The fourth-order valence-corrected chi connectivity index (χ4v) is 1.04. The smallest absolute Gasteiger partial charge is 0.308 e. The zero-order chi connectivity index (χ0) is 9.68.